The molecule has 0 spiro atoms. The predicted octanol–water partition coefficient (Wildman–Crippen LogP) is 2.40. The summed E-state index contributed by atoms with van der Waals surface area (Å²) in [6, 6.07) is 5.46. The van der Waals surface area contributed by atoms with Crippen molar-refractivity contribution in [2.45, 2.75) is 37.0 Å². The molecule has 3 heterocycles. The molecule has 2 aromatic rings. The number of nitrogens with zero attached hydrogens (tertiary/aromatic N) is 3. The van der Waals surface area contributed by atoms with E-state index >= 15 is 0 Å². The maximum absolute atomic E-state index is 12.9. The molecule has 0 saturated carbocycles. The number of amides is 2. The van der Waals surface area contributed by atoms with Gasteiger partial charge in [0.15, 0.2) is 0 Å². The summed E-state index contributed by atoms with van der Waals surface area (Å²) < 4.78 is 5.07. The Balaban J connectivity index is 1.63. The van der Waals surface area contributed by atoms with Gasteiger partial charge in [-0.05, 0) is 37.8 Å². The van der Waals surface area contributed by atoms with Crippen molar-refractivity contribution in [2.24, 2.45) is 11.7 Å². The smallest absolute Gasteiger partial charge is 0.256 e. The Labute approximate surface area is 156 Å². The summed E-state index contributed by atoms with van der Waals surface area (Å²) in [6.07, 6.45) is 3.69. The van der Waals surface area contributed by atoms with E-state index in [4.69, 9.17) is 10.3 Å². The highest BCUT2D eigenvalue weighted by atomic mass is 32.2. The lowest BCUT2D eigenvalue weighted by Crippen LogP contribution is -2.39. The number of aromatic nitrogens is 2. The molecule has 3 rings (SSSR count). The van der Waals surface area contributed by atoms with Gasteiger partial charge in [0, 0.05) is 37.5 Å². The third-order valence-corrected chi connectivity index (χ3v) is 5.47. The van der Waals surface area contributed by atoms with E-state index in [1.165, 1.54) is 11.8 Å². The molecule has 0 aromatic carbocycles. The summed E-state index contributed by atoms with van der Waals surface area (Å²) in [5, 5.41) is 4.66. The minimum Gasteiger partial charge on any atom is -0.370 e. The summed E-state index contributed by atoms with van der Waals surface area (Å²) in [6.45, 7) is 3.12. The van der Waals surface area contributed by atoms with Gasteiger partial charge in [0.2, 0.25) is 5.91 Å². The number of piperidine rings is 1. The van der Waals surface area contributed by atoms with Gasteiger partial charge < -0.3 is 15.2 Å². The van der Waals surface area contributed by atoms with E-state index in [0.717, 1.165) is 24.3 Å². The van der Waals surface area contributed by atoms with Gasteiger partial charge in [-0.15, -0.1) is 0 Å². The Kier molecular flexibility index (Phi) is 5.92. The molecule has 2 N–H and O–H groups in total. The zero-order valence-corrected chi connectivity index (χ0v) is 15.5. The number of thioether (sulfide) groups is 1. The number of pyridine rings is 1. The summed E-state index contributed by atoms with van der Waals surface area (Å²) in [5.41, 5.74) is 6.69. The molecule has 1 saturated heterocycles. The van der Waals surface area contributed by atoms with Crippen LogP contribution in [-0.4, -0.2) is 39.9 Å². The second-order valence-corrected chi connectivity index (χ2v) is 7.44. The van der Waals surface area contributed by atoms with E-state index in [-0.39, 0.29) is 17.7 Å². The first kappa shape index (κ1) is 18.4. The summed E-state index contributed by atoms with van der Waals surface area (Å²) in [7, 11) is 0. The molecular formula is C18H22N4O3S. The van der Waals surface area contributed by atoms with Crippen molar-refractivity contribution >= 4 is 23.6 Å². The van der Waals surface area contributed by atoms with Crippen molar-refractivity contribution in [3.8, 4) is 0 Å². The van der Waals surface area contributed by atoms with Crippen LogP contribution in [0, 0.1) is 12.8 Å². The van der Waals surface area contributed by atoms with Crippen LogP contribution in [0.15, 0.2) is 33.9 Å². The number of hydrogen-bond acceptors (Lipinski definition) is 6. The second kappa shape index (κ2) is 8.35. The first-order valence-corrected chi connectivity index (χ1v) is 9.59. The highest BCUT2D eigenvalue weighted by molar-refractivity contribution is 7.98. The summed E-state index contributed by atoms with van der Waals surface area (Å²) in [5.74, 6) is 1.33. The molecular weight excluding hydrogens is 352 g/mol. The SMILES string of the molecule is Cc1cc(CSc2ncccc2C(=O)N2CCC(CC(N)=O)CC2)no1. The van der Waals surface area contributed by atoms with Crippen LogP contribution >= 0.6 is 11.8 Å². The highest BCUT2D eigenvalue weighted by Crippen LogP contribution is 2.27. The number of hydrogen-bond donors (Lipinski definition) is 1. The molecule has 26 heavy (non-hydrogen) atoms. The molecule has 1 aliphatic heterocycles. The van der Waals surface area contributed by atoms with Crippen molar-refractivity contribution in [3.63, 3.8) is 0 Å². The third-order valence-electron chi connectivity index (χ3n) is 4.43. The van der Waals surface area contributed by atoms with Gasteiger partial charge in [-0.25, -0.2) is 4.98 Å². The molecule has 2 amide bonds. The Bertz CT molecular complexity index is 784. The fourth-order valence-electron chi connectivity index (χ4n) is 3.09. The highest BCUT2D eigenvalue weighted by Gasteiger charge is 2.26. The fourth-order valence-corrected chi connectivity index (χ4v) is 3.96. The minimum absolute atomic E-state index is 0.0190. The fraction of sp³-hybridized carbons (Fsp3) is 0.444. The van der Waals surface area contributed by atoms with E-state index < -0.39 is 0 Å². The number of likely N-dealkylation sites (tertiary alicyclic amines) is 1. The Morgan fingerprint density at radius 3 is 2.81 bits per heavy atom. The molecule has 1 aliphatic rings. The quantitative estimate of drug-likeness (QED) is 0.779. The molecule has 0 unspecified atom stereocenters. The standard InChI is InChI=1S/C18H22N4O3S/c1-12-9-14(21-25-12)11-26-17-15(3-2-6-20-17)18(24)22-7-4-13(5-8-22)10-16(19)23/h2-3,6,9,13H,4-5,7-8,10-11H2,1H3,(H2,19,23). The normalized spacial score (nSPS) is 15.2. The molecule has 1 fully saturated rings. The van der Waals surface area contributed by atoms with Crippen LogP contribution in [0.3, 0.4) is 0 Å². The lowest BCUT2D eigenvalue weighted by Gasteiger charge is -2.31. The molecule has 7 nitrogen and oxygen atoms in total. The number of primary amides is 1. The van der Waals surface area contributed by atoms with Crippen molar-refractivity contribution in [3.05, 3.63) is 41.4 Å². The Morgan fingerprint density at radius 1 is 1.38 bits per heavy atom. The number of carbonyl (C=O) groups is 2. The molecule has 0 radical (unpaired) electrons. The van der Waals surface area contributed by atoms with Crippen molar-refractivity contribution in [2.75, 3.05) is 13.1 Å². The summed E-state index contributed by atoms with van der Waals surface area (Å²) in [4.78, 5) is 30.2. The topological polar surface area (TPSA) is 102 Å². The average molecular weight is 374 g/mol. The van der Waals surface area contributed by atoms with E-state index in [2.05, 4.69) is 10.1 Å². The minimum atomic E-state index is -0.274. The van der Waals surface area contributed by atoms with E-state index in [9.17, 15) is 9.59 Å². The number of nitrogens with two attached hydrogens (primary N) is 1. The van der Waals surface area contributed by atoms with Gasteiger partial charge in [0.25, 0.3) is 5.91 Å². The van der Waals surface area contributed by atoms with Gasteiger partial charge in [-0.3, -0.25) is 9.59 Å². The molecule has 0 bridgehead atoms. The van der Waals surface area contributed by atoms with Crippen molar-refractivity contribution in [1.29, 1.82) is 0 Å². The van der Waals surface area contributed by atoms with E-state index in [0.29, 0.717) is 35.9 Å². The molecule has 138 valence electrons. The third kappa shape index (κ3) is 4.63. The zero-order valence-electron chi connectivity index (χ0n) is 14.7. The number of rotatable bonds is 6. The first-order chi connectivity index (χ1) is 12.5. The van der Waals surface area contributed by atoms with Gasteiger partial charge in [0.1, 0.15) is 10.8 Å². The lowest BCUT2D eigenvalue weighted by molar-refractivity contribution is -0.119. The maximum Gasteiger partial charge on any atom is 0.256 e. The van der Waals surface area contributed by atoms with E-state index in [1.54, 1.807) is 18.3 Å². The largest absolute Gasteiger partial charge is 0.370 e. The van der Waals surface area contributed by atoms with Gasteiger partial charge in [0.05, 0.1) is 11.3 Å². The number of aryl methyl sites for hydroxylation is 1. The van der Waals surface area contributed by atoms with Crippen LogP contribution in [0.2, 0.25) is 0 Å². The van der Waals surface area contributed by atoms with Crippen LogP contribution in [0.5, 0.6) is 0 Å². The predicted molar refractivity (Wildman–Crippen MR) is 97.5 cm³/mol. The average Bonchev–Trinajstić information content (AvgIpc) is 3.05. The van der Waals surface area contributed by atoms with Crippen LogP contribution < -0.4 is 5.73 Å². The van der Waals surface area contributed by atoms with Gasteiger partial charge in [-0.1, -0.05) is 16.9 Å². The second-order valence-electron chi connectivity index (χ2n) is 6.48. The molecule has 2 aromatic heterocycles. The van der Waals surface area contributed by atoms with Gasteiger partial charge in [-0.2, -0.15) is 0 Å². The number of carbonyl (C=O) groups excluding carboxylic acids is 2. The van der Waals surface area contributed by atoms with Gasteiger partial charge >= 0.3 is 0 Å². The monoisotopic (exact) mass is 374 g/mol. The molecule has 0 atom stereocenters. The van der Waals surface area contributed by atoms with Crippen LogP contribution in [0.1, 0.15) is 41.1 Å². The van der Waals surface area contributed by atoms with Crippen LogP contribution in [-0.2, 0) is 10.5 Å². The van der Waals surface area contributed by atoms with Crippen molar-refractivity contribution in [1.82, 2.24) is 15.0 Å². The van der Waals surface area contributed by atoms with Crippen molar-refractivity contribution < 1.29 is 14.1 Å². The summed E-state index contributed by atoms with van der Waals surface area (Å²) >= 11 is 1.47. The van der Waals surface area contributed by atoms with E-state index in [1.807, 2.05) is 17.9 Å². The Morgan fingerprint density at radius 2 is 2.15 bits per heavy atom. The molecule has 0 aliphatic carbocycles. The van der Waals surface area contributed by atoms with Crippen LogP contribution in [0.25, 0.3) is 0 Å². The molecule has 8 heteroatoms. The lowest BCUT2D eigenvalue weighted by atomic mass is 9.93. The Hall–Kier alpha value is -2.35. The maximum atomic E-state index is 12.9. The zero-order chi connectivity index (χ0) is 18.5. The first-order valence-electron chi connectivity index (χ1n) is 8.60. The van der Waals surface area contributed by atoms with Crippen LogP contribution in [0.4, 0.5) is 0 Å².